The van der Waals surface area contributed by atoms with E-state index in [9.17, 15) is 4.79 Å². The highest BCUT2D eigenvalue weighted by Crippen LogP contribution is 2.22. The first-order chi connectivity index (χ1) is 12.7. The van der Waals surface area contributed by atoms with Crippen molar-refractivity contribution in [2.45, 2.75) is 6.42 Å². The molecule has 0 aliphatic carbocycles. The van der Waals surface area contributed by atoms with Crippen LogP contribution in [0.3, 0.4) is 0 Å². The average Bonchev–Trinajstić information content (AvgIpc) is 3.17. The van der Waals surface area contributed by atoms with Crippen LogP contribution in [0.1, 0.15) is 16.2 Å². The van der Waals surface area contributed by atoms with E-state index in [4.69, 9.17) is 13.9 Å². The zero-order valence-corrected chi connectivity index (χ0v) is 14.4. The van der Waals surface area contributed by atoms with Crippen LogP contribution in [0.25, 0.3) is 11.5 Å². The van der Waals surface area contributed by atoms with Crippen LogP contribution in [0.4, 0.5) is 0 Å². The molecule has 8 nitrogen and oxygen atoms in total. The molecule has 0 bridgehead atoms. The Hall–Kier alpha value is -3.42. The first-order valence-corrected chi connectivity index (χ1v) is 7.93. The number of carbonyl (C=O) groups excluding carboxylic acids is 1. The molecule has 0 saturated carbocycles. The SMILES string of the molecule is COc1cc(OC)cc(C(=O)NCCc2nnc(-c3ccncc3)o2)c1. The van der Waals surface area contributed by atoms with Crippen LogP contribution >= 0.6 is 0 Å². The Morgan fingerprint density at radius 2 is 1.77 bits per heavy atom. The summed E-state index contributed by atoms with van der Waals surface area (Å²) in [5, 5.41) is 10.8. The van der Waals surface area contributed by atoms with Gasteiger partial charge in [-0.1, -0.05) is 0 Å². The molecule has 1 aromatic carbocycles. The molecule has 8 heteroatoms. The lowest BCUT2D eigenvalue weighted by molar-refractivity contribution is 0.0953. The second-order valence-electron chi connectivity index (χ2n) is 5.34. The van der Waals surface area contributed by atoms with Crippen molar-refractivity contribution in [1.82, 2.24) is 20.5 Å². The molecular formula is C18H18N4O4. The lowest BCUT2D eigenvalue weighted by atomic mass is 10.2. The van der Waals surface area contributed by atoms with Crippen LogP contribution in [-0.2, 0) is 6.42 Å². The van der Waals surface area contributed by atoms with Gasteiger partial charge in [-0.2, -0.15) is 0 Å². The molecule has 0 aliphatic heterocycles. The zero-order valence-electron chi connectivity index (χ0n) is 14.4. The summed E-state index contributed by atoms with van der Waals surface area (Å²) >= 11 is 0. The van der Waals surface area contributed by atoms with Crippen molar-refractivity contribution in [3.05, 3.63) is 54.2 Å². The van der Waals surface area contributed by atoms with Gasteiger partial charge >= 0.3 is 0 Å². The monoisotopic (exact) mass is 354 g/mol. The van der Waals surface area contributed by atoms with E-state index in [-0.39, 0.29) is 5.91 Å². The highest BCUT2D eigenvalue weighted by Gasteiger charge is 2.11. The predicted octanol–water partition coefficient (Wildman–Crippen LogP) is 2.12. The molecule has 26 heavy (non-hydrogen) atoms. The fraction of sp³-hybridized carbons (Fsp3) is 0.222. The normalized spacial score (nSPS) is 10.4. The fourth-order valence-electron chi connectivity index (χ4n) is 2.29. The summed E-state index contributed by atoms with van der Waals surface area (Å²) < 4.78 is 15.9. The van der Waals surface area contributed by atoms with E-state index < -0.39 is 0 Å². The summed E-state index contributed by atoms with van der Waals surface area (Å²) in [7, 11) is 3.07. The van der Waals surface area contributed by atoms with Gasteiger partial charge in [0.2, 0.25) is 11.8 Å². The number of hydrogen-bond donors (Lipinski definition) is 1. The van der Waals surface area contributed by atoms with Gasteiger partial charge < -0.3 is 19.2 Å². The van der Waals surface area contributed by atoms with Gasteiger partial charge in [-0.25, -0.2) is 0 Å². The van der Waals surface area contributed by atoms with Crippen molar-refractivity contribution in [2.24, 2.45) is 0 Å². The van der Waals surface area contributed by atoms with E-state index in [1.807, 2.05) is 0 Å². The second kappa shape index (κ2) is 8.11. The van der Waals surface area contributed by atoms with Gasteiger partial charge in [-0.3, -0.25) is 9.78 Å². The Kier molecular flexibility index (Phi) is 5.43. The number of rotatable bonds is 7. The summed E-state index contributed by atoms with van der Waals surface area (Å²) in [6.45, 7) is 0.357. The van der Waals surface area contributed by atoms with Crippen molar-refractivity contribution in [3.63, 3.8) is 0 Å². The maximum absolute atomic E-state index is 12.3. The Morgan fingerprint density at radius 3 is 2.42 bits per heavy atom. The van der Waals surface area contributed by atoms with E-state index in [0.29, 0.717) is 41.8 Å². The topological polar surface area (TPSA) is 99.4 Å². The van der Waals surface area contributed by atoms with Crippen molar-refractivity contribution in [1.29, 1.82) is 0 Å². The van der Waals surface area contributed by atoms with Crippen LogP contribution in [0, 0.1) is 0 Å². The number of nitrogens with zero attached hydrogens (tertiary/aromatic N) is 3. The van der Waals surface area contributed by atoms with Crippen LogP contribution in [0.2, 0.25) is 0 Å². The van der Waals surface area contributed by atoms with E-state index in [1.54, 1.807) is 42.7 Å². The predicted molar refractivity (Wildman–Crippen MR) is 93.1 cm³/mol. The van der Waals surface area contributed by atoms with Crippen molar-refractivity contribution in [3.8, 4) is 23.0 Å². The first-order valence-electron chi connectivity index (χ1n) is 7.93. The summed E-state index contributed by atoms with van der Waals surface area (Å²) in [4.78, 5) is 16.2. The highest BCUT2D eigenvalue weighted by molar-refractivity contribution is 5.95. The van der Waals surface area contributed by atoms with Crippen LogP contribution in [0.15, 0.2) is 47.1 Å². The van der Waals surface area contributed by atoms with Crippen molar-refractivity contribution >= 4 is 5.91 Å². The zero-order chi connectivity index (χ0) is 18.4. The number of amides is 1. The van der Waals surface area contributed by atoms with Gasteiger partial charge in [0.25, 0.3) is 5.91 Å². The van der Waals surface area contributed by atoms with Gasteiger partial charge in [0.1, 0.15) is 11.5 Å². The minimum absolute atomic E-state index is 0.240. The quantitative estimate of drug-likeness (QED) is 0.694. The summed E-state index contributed by atoms with van der Waals surface area (Å²) in [5.41, 5.74) is 1.25. The van der Waals surface area contributed by atoms with E-state index in [0.717, 1.165) is 5.56 Å². The third kappa shape index (κ3) is 4.15. The molecule has 0 aliphatic rings. The van der Waals surface area contributed by atoms with Crippen LogP contribution in [-0.4, -0.2) is 41.9 Å². The van der Waals surface area contributed by atoms with E-state index in [1.165, 1.54) is 14.2 Å². The van der Waals surface area contributed by atoms with E-state index >= 15 is 0 Å². The minimum Gasteiger partial charge on any atom is -0.497 e. The number of hydrogen-bond acceptors (Lipinski definition) is 7. The molecule has 1 N–H and O–H groups in total. The Balaban J connectivity index is 1.58. The Labute approximate surface area is 150 Å². The van der Waals surface area contributed by atoms with Crippen LogP contribution in [0.5, 0.6) is 11.5 Å². The van der Waals surface area contributed by atoms with Crippen LogP contribution < -0.4 is 14.8 Å². The van der Waals surface area contributed by atoms with E-state index in [2.05, 4.69) is 20.5 Å². The molecule has 0 radical (unpaired) electrons. The summed E-state index contributed by atoms with van der Waals surface area (Å²) in [5.74, 6) is 1.73. The van der Waals surface area contributed by atoms with Gasteiger partial charge in [0.15, 0.2) is 0 Å². The number of aromatic nitrogens is 3. The standard InChI is InChI=1S/C18H18N4O4/c1-24-14-9-13(10-15(11-14)25-2)17(23)20-8-5-16-21-22-18(26-16)12-3-6-19-7-4-12/h3-4,6-7,9-11H,5,8H2,1-2H3,(H,20,23). The first kappa shape index (κ1) is 17.4. The largest absolute Gasteiger partial charge is 0.497 e. The minimum atomic E-state index is -0.240. The highest BCUT2D eigenvalue weighted by atomic mass is 16.5. The number of ether oxygens (including phenoxy) is 2. The maximum atomic E-state index is 12.3. The molecule has 3 rings (SSSR count). The smallest absolute Gasteiger partial charge is 0.251 e. The molecule has 2 aromatic heterocycles. The fourth-order valence-corrected chi connectivity index (χ4v) is 2.29. The number of carbonyl (C=O) groups is 1. The molecule has 1 amide bonds. The second-order valence-corrected chi connectivity index (χ2v) is 5.34. The molecule has 3 aromatic rings. The molecule has 0 unspecified atom stereocenters. The molecule has 0 saturated heterocycles. The summed E-state index contributed by atoms with van der Waals surface area (Å²) in [6, 6.07) is 8.57. The lowest BCUT2D eigenvalue weighted by Gasteiger charge is -2.08. The molecule has 0 atom stereocenters. The average molecular weight is 354 g/mol. The van der Waals surface area contributed by atoms with Gasteiger partial charge in [0.05, 0.1) is 14.2 Å². The Bertz CT molecular complexity index is 858. The third-order valence-corrected chi connectivity index (χ3v) is 3.63. The van der Waals surface area contributed by atoms with Gasteiger partial charge in [-0.05, 0) is 24.3 Å². The molecule has 0 fully saturated rings. The number of benzene rings is 1. The third-order valence-electron chi connectivity index (χ3n) is 3.63. The number of nitrogens with one attached hydrogen (secondary N) is 1. The molecular weight excluding hydrogens is 336 g/mol. The lowest BCUT2D eigenvalue weighted by Crippen LogP contribution is -2.25. The molecule has 134 valence electrons. The Morgan fingerprint density at radius 1 is 1.08 bits per heavy atom. The van der Waals surface area contributed by atoms with Crippen molar-refractivity contribution in [2.75, 3.05) is 20.8 Å². The molecule has 2 heterocycles. The number of methoxy groups -OCH3 is 2. The van der Waals surface area contributed by atoms with Crippen molar-refractivity contribution < 1.29 is 18.7 Å². The molecule has 0 spiro atoms. The van der Waals surface area contributed by atoms with Gasteiger partial charge in [0, 0.05) is 42.6 Å². The van der Waals surface area contributed by atoms with Gasteiger partial charge in [-0.15, -0.1) is 10.2 Å². The number of pyridine rings is 1. The summed E-state index contributed by atoms with van der Waals surface area (Å²) in [6.07, 6.45) is 3.73. The maximum Gasteiger partial charge on any atom is 0.251 e.